The maximum atomic E-state index is 12.0. The zero-order chi connectivity index (χ0) is 16.1. The fourth-order valence-electron chi connectivity index (χ4n) is 1.63. The molecule has 0 saturated carbocycles. The molecule has 0 fully saturated rings. The molecule has 1 aromatic rings. The Morgan fingerprint density at radius 2 is 1.71 bits per heavy atom. The number of sulfonamides is 1. The van der Waals surface area contributed by atoms with Gasteiger partial charge in [-0.1, -0.05) is 12.1 Å². The third-order valence-electron chi connectivity index (χ3n) is 2.81. The van der Waals surface area contributed by atoms with Gasteiger partial charge in [0.1, 0.15) is 5.54 Å². The average Bonchev–Trinajstić information content (AvgIpc) is 2.44. The average molecular weight is 319 g/mol. The molecule has 0 aliphatic heterocycles. The summed E-state index contributed by atoms with van der Waals surface area (Å²) in [5.74, 6) is -1.73. The second-order valence-electron chi connectivity index (χ2n) is 4.62. The molecular weight excluding hydrogens is 302 g/mol. The van der Waals surface area contributed by atoms with E-state index in [-0.39, 0.29) is 11.1 Å². The van der Waals surface area contributed by atoms with E-state index in [1.807, 2.05) is 4.72 Å². The van der Waals surface area contributed by atoms with E-state index >= 15 is 0 Å². The molecule has 8 nitrogen and oxygen atoms in total. The zero-order valence-corrected chi connectivity index (χ0v) is 11.9. The number of carboxylic acids is 1. The van der Waals surface area contributed by atoms with Crippen molar-refractivity contribution >= 4 is 16.0 Å². The van der Waals surface area contributed by atoms with Crippen LogP contribution in [0.4, 0.5) is 0 Å². The van der Waals surface area contributed by atoms with Gasteiger partial charge in [-0.05, 0) is 17.7 Å². The predicted molar refractivity (Wildman–Crippen MR) is 73.1 cm³/mol. The lowest BCUT2D eigenvalue weighted by atomic mass is 10.1. The lowest BCUT2D eigenvalue weighted by Crippen LogP contribution is -2.57. The highest BCUT2D eigenvalue weighted by atomic mass is 32.2. The summed E-state index contributed by atoms with van der Waals surface area (Å²) in [5, 5.41) is 36.1. The third-order valence-corrected chi connectivity index (χ3v) is 4.27. The van der Waals surface area contributed by atoms with E-state index < -0.39 is 47.1 Å². The van der Waals surface area contributed by atoms with E-state index in [4.69, 9.17) is 20.4 Å². The van der Waals surface area contributed by atoms with Crippen molar-refractivity contribution in [2.75, 3.05) is 19.8 Å². The van der Waals surface area contributed by atoms with Crippen LogP contribution < -0.4 is 4.72 Å². The Balaban J connectivity index is 2.95. The van der Waals surface area contributed by atoms with Gasteiger partial charge < -0.3 is 20.4 Å². The van der Waals surface area contributed by atoms with Crippen molar-refractivity contribution in [1.82, 2.24) is 4.72 Å². The number of aliphatic hydroxyl groups excluding tert-OH is 3. The second-order valence-corrected chi connectivity index (χ2v) is 6.34. The van der Waals surface area contributed by atoms with E-state index in [0.717, 1.165) is 0 Å². The third kappa shape index (κ3) is 4.76. The Bertz CT molecular complexity index is 587. The van der Waals surface area contributed by atoms with Crippen LogP contribution in [0.2, 0.25) is 0 Å². The minimum atomic E-state index is -3.99. The van der Waals surface area contributed by atoms with Gasteiger partial charge in [0.2, 0.25) is 10.0 Å². The van der Waals surface area contributed by atoms with Crippen LogP contribution in [0.25, 0.3) is 0 Å². The van der Waals surface area contributed by atoms with Gasteiger partial charge >= 0.3 is 5.97 Å². The van der Waals surface area contributed by atoms with Gasteiger partial charge in [-0.15, -0.1) is 0 Å². The fraction of sp³-hybridized carbons (Fsp3) is 0.417. The highest BCUT2D eigenvalue weighted by Gasteiger charge is 2.33. The van der Waals surface area contributed by atoms with Crippen LogP contribution in [0.3, 0.4) is 0 Å². The van der Waals surface area contributed by atoms with Crippen molar-refractivity contribution in [1.29, 1.82) is 0 Å². The molecule has 5 N–H and O–H groups in total. The number of nitrogens with one attached hydrogen (secondary N) is 1. The standard InChI is InChI=1S/C12H17NO7S/c14-6-12(7-15,8-16)13-21(19,20)5-9-2-1-3-10(4-9)11(17)18/h1-4,13-16H,5-8H2,(H,17,18). The van der Waals surface area contributed by atoms with Gasteiger partial charge in [-0.3, -0.25) is 0 Å². The van der Waals surface area contributed by atoms with Crippen molar-refractivity contribution in [2.45, 2.75) is 11.3 Å². The van der Waals surface area contributed by atoms with Crippen LogP contribution in [0, 0.1) is 0 Å². The first-order chi connectivity index (χ1) is 9.77. The lowest BCUT2D eigenvalue weighted by molar-refractivity contribution is 0.0581. The number of benzene rings is 1. The van der Waals surface area contributed by atoms with Gasteiger partial charge in [-0.2, -0.15) is 0 Å². The quantitative estimate of drug-likeness (QED) is 0.393. The molecule has 21 heavy (non-hydrogen) atoms. The minimum absolute atomic E-state index is 0.0552. The molecule has 0 heterocycles. The SMILES string of the molecule is O=C(O)c1cccc(CS(=O)(=O)NC(CO)(CO)CO)c1. The van der Waals surface area contributed by atoms with Crippen LogP contribution in [0.1, 0.15) is 15.9 Å². The second kappa shape index (κ2) is 6.96. The first-order valence-corrected chi connectivity index (χ1v) is 7.59. The van der Waals surface area contributed by atoms with Crippen LogP contribution in [-0.2, 0) is 15.8 Å². The molecule has 1 aromatic carbocycles. The molecule has 0 aliphatic carbocycles. The number of aromatic carboxylic acids is 1. The Hall–Kier alpha value is -1.52. The zero-order valence-electron chi connectivity index (χ0n) is 11.1. The molecule has 0 atom stereocenters. The number of carboxylic acid groups (broad SMARTS) is 1. The normalized spacial score (nSPS) is 12.3. The molecule has 0 spiro atoms. The molecular formula is C12H17NO7S. The molecule has 118 valence electrons. The summed E-state index contributed by atoms with van der Waals surface area (Å²) in [6, 6.07) is 5.38. The molecule has 0 saturated heterocycles. The summed E-state index contributed by atoms with van der Waals surface area (Å²) in [6.07, 6.45) is 0. The Morgan fingerprint density at radius 1 is 1.14 bits per heavy atom. The van der Waals surface area contributed by atoms with E-state index in [9.17, 15) is 13.2 Å². The van der Waals surface area contributed by atoms with Crippen molar-refractivity contribution in [3.8, 4) is 0 Å². The minimum Gasteiger partial charge on any atom is -0.478 e. The van der Waals surface area contributed by atoms with Gasteiger partial charge in [0.25, 0.3) is 0 Å². The van der Waals surface area contributed by atoms with Crippen molar-refractivity contribution < 1.29 is 33.6 Å². The fourth-order valence-corrected chi connectivity index (χ4v) is 3.17. The maximum absolute atomic E-state index is 12.0. The summed E-state index contributed by atoms with van der Waals surface area (Å²) >= 11 is 0. The van der Waals surface area contributed by atoms with Crippen LogP contribution in [0.15, 0.2) is 24.3 Å². The molecule has 1 rings (SSSR count). The Kier molecular flexibility index (Phi) is 5.81. The van der Waals surface area contributed by atoms with Gasteiger partial charge in [-0.25, -0.2) is 17.9 Å². The van der Waals surface area contributed by atoms with Crippen molar-refractivity contribution in [2.24, 2.45) is 0 Å². The highest BCUT2D eigenvalue weighted by Crippen LogP contribution is 2.12. The Labute approximate surface area is 121 Å². The molecule has 0 unspecified atom stereocenters. The largest absolute Gasteiger partial charge is 0.478 e. The summed E-state index contributed by atoms with van der Waals surface area (Å²) in [6.45, 7) is -2.35. The van der Waals surface area contributed by atoms with Crippen molar-refractivity contribution in [3.63, 3.8) is 0 Å². The number of hydrogen-bond donors (Lipinski definition) is 5. The Morgan fingerprint density at radius 3 is 2.19 bits per heavy atom. The molecule has 0 radical (unpaired) electrons. The number of aliphatic hydroxyl groups is 3. The van der Waals surface area contributed by atoms with E-state index in [2.05, 4.69) is 0 Å². The summed E-state index contributed by atoms with van der Waals surface area (Å²) in [5.41, 5.74) is -1.59. The molecule has 0 bridgehead atoms. The lowest BCUT2D eigenvalue weighted by Gasteiger charge is -2.28. The first-order valence-electron chi connectivity index (χ1n) is 5.94. The van der Waals surface area contributed by atoms with Crippen LogP contribution in [0.5, 0.6) is 0 Å². The van der Waals surface area contributed by atoms with Gasteiger partial charge in [0.05, 0.1) is 31.1 Å². The predicted octanol–water partition coefficient (Wildman–Crippen LogP) is -1.48. The molecule has 9 heteroatoms. The van der Waals surface area contributed by atoms with Gasteiger partial charge in [0.15, 0.2) is 0 Å². The topological polar surface area (TPSA) is 144 Å². The monoisotopic (exact) mass is 319 g/mol. The molecule has 0 aromatic heterocycles. The van der Waals surface area contributed by atoms with Crippen molar-refractivity contribution in [3.05, 3.63) is 35.4 Å². The first kappa shape index (κ1) is 17.5. The molecule has 0 amide bonds. The summed E-state index contributed by atoms with van der Waals surface area (Å²) in [4.78, 5) is 10.8. The number of carbonyl (C=O) groups is 1. The van der Waals surface area contributed by atoms with E-state index in [0.29, 0.717) is 0 Å². The van der Waals surface area contributed by atoms with Crippen LogP contribution >= 0.6 is 0 Å². The van der Waals surface area contributed by atoms with Gasteiger partial charge in [0, 0.05) is 0 Å². The smallest absolute Gasteiger partial charge is 0.335 e. The summed E-state index contributed by atoms with van der Waals surface area (Å²) < 4.78 is 26.0. The highest BCUT2D eigenvalue weighted by molar-refractivity contribution is 7.88. The van der Waals surface area contributed by atoms with E-state index in [1.54, 1.807) is 0 Å². The molecule has 0 aliphatic rings. The van der Waals surface area contributed by atoms with Crippen LogP contribution in [-0.4, -0.2) is 60.2 Å². The van der Waals surface area contributed by atoms with E-state index in [1.165, 1.54) is 24.3 Å². The number of hydrogen-bond acceptors (Lipinski definition) is 6. The summed E-state index contributed by atoms with van der Waals surface area (Å²) in [7, 11) is -3.99. The number of rotatable bonds is 8. The maximum Gasteiger partial charge on any atom is 0.335 e.